The smallest absolute Gasteiger partial charge is 0.303 e. The molecule has 0 spiro atoms. The lowest BCUT2D eigenvalue weighted by Gasteiger charge is -2.34. The van der Waals surface area contributed by atoms with Gasteiger partial charge in [-0.3, -0.25) is 4.79 Å². The first-order valence-electron chi connectivity index (χ1n) is 7.05. The van der Waals surface area contributed by atoms with Gasteiger partial charge in [-0.15, -0.1) is 0 Å². The molecule has 1 aliphatic rings. The van der Waals surface area contributed by atoms with Crippen LogP contribution in [0.4, 0.5) is 0 Å². The Morgan fingerprint density at radius 3 is 2.58 bits per heavy atom. The molecule has 1 aliphatic carbocycles. The Balaban J connectivity index is 2.23. The summed E-state index contributed by atoms with van der Waals surface area (Å²) in [6.45, 7) is 2.21. The van der Waals surface area contributed by atoms with Gasteiger partial charge in [0.1, 0.15) is 5.75 Å². The number of carboxylic acid groups (broad SMARTS) is 1. The third-order valence-corrected chi connectivity index (χ3v) is 4.30. The third kappa shape index (κ3) is 3.28. The van der Waals surface area contributed by atoms with Crippen LogP contribution < -0.4 is 0 Å². The standard InChI is InChI=1S/C16H22O3/c1-16(9-3-2-4-10-16)13-11-12(5-7-14(13)17)6-8-15(18)19/h5,7,11,17H,2-4,6,8-10H2,1H3,(H,18,19). The van der Waals surface area contributed by atoms with Crippen LogP contribution in [0.3, 0.4) is 0 Å². The molecule has 0 aliphatic heterocycles. The van der Waals surface area contributed by atoms with Gasteiger partial charge in [0.05, 0.1) is 0 Å². The van der Waals surface area contributed by atoms with E-state index in [1.807, 2.05) is 12.1 Å². The predicted octanol–water partition coefficient (Wildman–Crippen LogP) is 3.63. The lowest BCUT2D eigenvalue weighted by Crippen LogP contribution is -2.25. The third-order valence-electron chi connectivity index (χ3n) is 4.30. The fourth-order valence-electron chi connectivity index (χ4n) is 3.07. The summed E-state index contributed by atoms with van der Waals surface area (Å²) >= 11 is 0. The van der Waals surface area contributed by atoms with Crippen molar-refractivity contribution >= 4 is 5.97 Å². The highest BCUT2D eigenvalue weighted by atomic mass is 16.4. The zero-order valence-electron chi connectivity index (χ0n) is 11.5. The number of aryl methyl sites for hydroxylation is 1. The second-order valence-corrected chi connectivity index (χ2v) is 5.87. The molecular formula is C16H22O3. The molecule has 0 saturated heterocycles. The second kappa shape index (κ2) is 5.64. The summed E-state index contributed by atoms with van der Waals surface area (Å²) in [4.78, 5) is 10.6. The zero-order chi connectivity index (χ0) is 13.9. The summed E-state index contributed by atoms with van der Waals surface area (Å²) in [5.41, 5.74) is 2.04. The Labute approximate surface area is 114 Å². The highest BCUT2D eigenvalue weighted by molar-refractivity contribution is 5.67. The number of aliphatic carboxylic acids is 1. The molecule has 0 bridgehead atoms. The molecular weight excluding hydrogens is 240 g/mol. The summed E-state index contributed by atoms with van der Waals surface area (Å²) in [6.07, 6.45) is 6.55. The van der Waals surface area contributed by atoms with Gasteiger partial charge in [-0.1, -0.05) is 38.3 Å². The van der Waals surface area contributed by atoms with E-state index in [4.69, 9.17) is 5.11 Å². The first-order valence-corrected chi connectivity index (χ1v) is 7.05. The molecule has 0 unspecified atom stereocenters. The first kappa shape index (κ1) is 13.9. The molecule has 19 heavy (non-hydrogen) atoms. The van der Waals surface area contributed by atoms with E-state index in [1.54, 1.807) is 6.07 Å². The number of phenolic OH excluding ortho intramolecular Hbond substituents is 1. The lowest BCUT2D eigenvalue weighted by atomic mass is 9.70. The minimum absolute atomic E-state index is 0.0432. The Morgan fingerprint density at radius 2 is 1.95 bits per heavy atom. The topological polar surface area (TPSA) is 57.5 Å². The van der Waals surface area contributed by atoms with E-state index < -0.39 is 5.97 Å². The molecule has 2 N–H and O–H groups in total. The van der Waals surface area contributed by atoms with Crippen molar-refractivity contribution in [3.8, 4) is 5.75 Å². The maximum atomic E-state index is 10.6. The highest BCUT2D eigenvalue weighted by Crippen LogP contribution is 2.42. The van der Waals surface area contributed by atoms with Crippen molar-refractivity contribution in [2.45, 2.75) is 57.3 Å². The molecule has 3 nitrogen and oxygen atoms in total. The second-order valence-electron chi connectivity index (χ2n) is 5.87. The Hall–Kier alpha value is -1.51. The molecule has 1 aromatic rings. The van der Waals surface area contributed by atoms with Gasteiger partial charge in [0.15, 0.2) is 0 Å². The van der Waals surface area contributed by atoms with Crippen LogP contribution in [0.1, 0.15) is 56.6 Å². The van der Waals surface area contributed by atoms with Gasteiger partial charge >= 0.3 is 5.97 Å². The average molecular weight is 262 g/mol. The Bertz CT molecular complexity index is 459. The maximum absolute atomic E-state index is 10.6. The molecule has 2 rings (SSSR count). The van der Waals surface area contributed by atoms with Gasteiger partial charge in [-0.05, 0) is 36.3 Å². The monoisotopic (exact) mass is 262 g/mol. The van der Waals surface area contributed by atoms with Gasteiger partial charge in [0.2, 0.25) is 0 Å². The van der Waals surface area contributed by atoms with Gasteiger partial charge in [-0.25, -0.2) is 0 Å². The van der Waals surface area contributed by atoms with Gasteiger partial charge in [0.25, 0.3) is 0 Å². The summed E-state index contributed by atoms with van der Waals surface area (Å²) < 4.78 is 0. The Morgan fingerprint density at radius 1 is 1.26 bits per heavy atom. The maximum Gasteiger partial charge on any atom is 0.303 e. The Kier molecular flexibility index (Phi) is 4.13. The molecule has 0 aromatic heterocycles. The van der Waals surface area contributed by atoms with Crippen molar-refractivity contribution in [2.75, 3.05) is 0 Å². The van der Waals surface area contributed by atoms with Crippen molar-refractivity contribution in [1.29, 1.82) is 0 Å². The van der Waals surface area contributed by atoms with Crippen LogP contribution in [0, 0.1) is 0 Å². The molecule has 1 fully saturated rings. The van der Waals surface area contributed by atoms with Crippen LogP contribution in [-0.4, -0.2) is 16.2 Å². The summed E-state index contributed by atoms with van der Waals surface area (Å²) in [5.74, 6) is -0.429. The van der Waals surface area contributed by atoms with Crippen LogP contribution in [0.2, 0.25) is 0 Å². The van der Waals surface area contributed by atoms with Gasteiger partial charge in [0, 0.05) is 12.0 Å². The minimum Gasteiger partial charge on any atom is -0.508 e. The highest BCUT2D eigenvalue weighted by Gasteiger charge is 2.31. The summed E-state index contributed by atoms with van der Waals surface area (Å²) in [5, 5.41) is 18.9. The molecule has 3 heteroatoms. The van der Waals surface area contributed by atoms with Crippen molar-refractivity contribution in [3.05, 3.63) is 29.3 Å². The van der Waals surface area contributed by atoms with E-state index in [1.165, 1.54) is 19.3 Å². The van der Waals surface area contributed by atoms with Crippen LogP contribution in [-0.2, 0) is 16.6 Å². The van der Waals surface area contributed by atoms with Gasteiger partial charge in [-0.2, -0.15) is 0 Å². The van der Waals surface area contributed by atoms with Crippen LogP contribution in [0.15, 0.2) is 18.2 Å². The van der Waals surface area contributed by atoms with E-state index in [2.05, 4.69) is 6.92 Å². The molecule has 0 heterocycles. The summed E-state index contributed by atoms with van der Waals surface area (Å²) in [7, 11) is 0. The number of rotatable bonds is 4. The number of carbonyl (C=O) groups is 1. The molecule has 0 atom stereocenters. The normalized spacial score (nSPS) is 18.2. The number of aromatic hydroxyl groups is 1. The SMILES string of the molecule is CC1(c2cc(CCC(=O)O)ccc2O)CCCCC1. The predicted molar refractivity (Wildman–Crippen MR) is 74.5 cm³/mol. The quantitative estimate of drug-likeness (QED) is 0.871. The largest absolute Gasteiger partial charge is 0.508 e. The molecule has 1 saturated carbocycles. The number of phenols is 1. The van der Waals surface area contributed by atoms with Crippen molar-refractivity contribution in [3.63, 3.8) is 0 Å². The number of hydrogen-bond donors (Lipinski definition) is 2. The van der Waals surface area contributed by atoms with E-state index in [9.17, 15) is 9.90 Å². The first-order chi connectivity index (χ1) is 9.01. The molecule has 0 radical (unpaired) electrons. The minimum atomic E-state index is -0.779. The molecule has 0 amide bonds. The lowest BCUT2D eigenvalue weighted by molar-refractivity contribution is -0.136. The number of hydrogen-bond acceptors (Lipinski definition) is 2. The number of benzene rings is 1. The van der Waals surface area contributed by atoms with Crippen LogP contribution >= 0.6 is 0 Å². The van der Waals surface area contributed by atoms with Crippen molar-refractivity contribution < 1.29 is 15.0 Å². The van der Waals surface area contributed by atoms with E-state index in [0.29, 0.717) is 12.2 Å². The average Bonchev–Trinajstić information content (AvgIpc) is 2.38. The van der Waals surface area contributed by atoms with Gasteiger partial charge < -0.3 is 10.2 Å². The fraction of sp³-hybridized carbons (Fsp3) is 0.562. The van der Waals surface area contributed by atoms with Crippen molar-refractivity contribution in [2.24, 2.45) is 0 Å². The summed E-state index contributed by atoms with van der Waals surface area (Å²) in [6, 6.07) is 5.55. The van der Waals surface area contributed by atoms with E-state index >= 15 is 0 Å². The molecule has 104 valence electrons. The van der Waals surface area contributed by atoms with Crippen LogP contribution in [0.5, 0.6) is 5.75 Å². The number of carboxylic acids is 1. The van der Waals surface area contributed by atoms with E-state index in [-0.39, 0.29) is 11.8 Å². The zero-order valence-corrected chi connectivity index (χ0v) is 11.5. The van der Waals surface area contributed by atoms with Crippen LogP contribution in [0.25, 0.3) is 0 Å². The fourth-order valence-corrected chi connectivity index (χ4v) is 3.07. The van der Waals surface area contributed by atoms with Crippen molar-refractivity contribution in [1.82, 2.24) is 0 Å². The molecule has 1 aromatic carbocycles. The van der Waals surface area contributed by atoms with E-state index in [0.717, 1.165) is 24.0 Å².